The van der Waals surface area contributed by atoms with Crippen LogP contribution in [0.25, 0.3) is 16.5 Å². The molecule has 0 amide bonds. The summed E-state index contributed by atoms with van der Waals surface area (Å²) in [4.78, 5) is 0. The second-order valence-electron chi connectivity index (χ2n) is 5.60. The van der Waals surface area contributed by atoms with E-state index >= 15 is 0 Å². The molecule has 0 aliphatic carbocycles. The number of aromatic nitrogens is 3. The number of rotatable bonds is 2. The number of aliphatic hydroxyl groups is 1. The van der Waals surface area contributed by atoms with Crippen molar-refractivity contribution in [3.05, 3.63) is 46.5 Å². The fraction of sp³-hybridized carbons (Fsp3) is 0.294. The van der Waals surface area contributed by atoms with Crippen LogP contribution in [0.5, 0.6) is 5.75 Å². The molecule has 0 aliphatic rings. The molecule has 22 heavy (non-hydrogen) atoms. The van der Waals surface area contributed by atoms with Gasteiger partial charge in [0.2, 0.25) is 0 Å². The van der Waals surface area contributed by atoms with Gasteiger partial charge in [0.1, 0.15) is 5.75 Å². The summed E-state index contributed by atoms with van der Waals surface area (Å²) in [5.41, 5.74) is 5.39. The fourth-order valence-corrected chi connectivity index (χ4v) is 3.20. The molecule has 114 valence electrons. The van der Waals surface area contributed by atoms with Gasteiger partial charge in [-0.05, 0) is 45.9 Å². The van der Waals surface area contributed by atoms with Gasteiger partial charge in [-0.1, -0.05) is 0 Å². The molecule has 1 aromatic carbocycles. The first kappa shape index (κ1) is 14.5. The van der Waals surface area contributed by atoms with E-state index in [1.54, 1.807) is 12.1 Å². The summed E-state index contributed by atoms with van der Waals surface area (Å²) in [6, 6.07) is 5.26. The minimum Gasteiger partial charge on any atom is -0.508 e. The Morgan fingerprint density at radius 2 is 1.50 bits per heavy atom. The summed E-state index contributed by atoms with van der Waals surface area (Å²) in [6.07, 6.45) is 0. The predicted octanol–water partition coefficient (Wildman–Crippen LogP) is 2.85. The molecule has 2 heterocycles. The van der Waals surface area contributed by atoms with Crippen molar-refractivity contribution in [1.29, 1.82) is 0 Å². The lowest BCUT2D eigenvalue weighted by Crippen LogP contribution is -2.00. The number of fused-ring (bicyclic) bond motifs is 1. The molecule has 3 aromatic rings. The highest BCUT2D eigenvalue weighted by atomic mass is 16.3. The highest BCUT2D eigenvalue weighted by Gasteiger charge is 2.18. The summed E-state index contributed by atoms with van der Waals surface area (Å²) in [6.45, 7) is 7.83. The smallest absolute Gasteiger partial charge is 0.121 e. The molecule has 0 spiro atoms. The normalized spacial score (nSPS) is 11.3. The fourth-order valence-electron chi connectivity index (χ4n) is 3.20. The van der Waals surface area contributed by atoms with Gasteiger partial charge in [0, 0.05) is 33.4 Å². The van der Waals surface area contributed by atoms with Gasteiger partial charge in [-0.15, -0.1) is 0 Å². The van der Waals surface area contributed by atoms with Crippen LogP contribution in [0.1, 0.15) is 28.3 Å². The van der Waals surface area contributed by atoms with Crippen LogP contribution in [0.3, 0.4) is 0 Å². The molecule has 3 rings (SSSR count). The molecular formula is C17H19N3O2. The molecule has 0 aliphatic heterocycles. The number of aliphatic hydroxyl groups excluding tert-OH is 1. The maximum absolute atomic E-state index is 9.76. The molecule has 0 bridgehead atoms. The maximum Gasteiger partial charge on any atom is 0.121 e. The van der Waals surface area contributed by atoms with Crippen molar-refractivity contribution in [2.45, 2.75) is 34.3 Å². The molecule has 0 fully saturated rings. The van der Waals surface area contributed by atoms with Crippen molar-refractivity contribution in [3.63, 3.8) is 0 Å². The Kier molecular flexibility index (Phi) is 3.37. The van der Waals surface area contributed by atoms with Gasteiger partial charge in [-0.25, -0.2) is 0 Å². The van der Waals surface area contributed by atoms with Crippen LogP contribution in [0.4, 0.5) is 0 Å². The quantitative estimate of drug-likeness (QED) is 0.763. The molecule has 0 unspecified atom stereocenters. The summed E-state index contributed by atoms with van der Waals surface area (Å²) in [7, 11) is 0. The van der Waals surface area contributed by atoms with E-state index in [0.717, 1.165) is 39.2 Å². The highest BCUT2D eigenvalue weighted by Crippen LogP contribution is 2.32. The number of nitrogens with zero attached hydrogens (tertiary/aromatic N) is 3. The van der Waals surface area contributed by atoms with Crippen molar-refractivity contribution in [3.8, 4) is 11.4 Å². The van der Waals surface area contributed by atoms with Gasteiger partial charge in [0.15, 0.2) is 0 Å². The molecule has 5 heteroatoms. The topological polar surface area (TPSA) is 71.2 Å². The zero-order valence-corrected chi connectivity index (χ0v) is 13.2. The molecule has 0 saturated heterocycles. The van der Waals surface area contributed by atoms with Gasteiger partial charge in [0.05, 0.1) is 18.0 Å². The first-order valence-electron chi connectivity index (χ1n) is 7.20. The van der Waals surface area contributed by atoms with E-state index < -0.39 is 0 Å². The number of phenols is 1. The Hall–Kier alpha value is -2.40. The average molecular weight is 297 g/mol. The average Bonchev–Trinajstić information content (AvgIpc) is 2.76. The minimum absolute atomic E-state index is 0.106. The van der Waals surface area contributed by atoms with Gasteiger partial charge < -0.3 is 14.8 Å². The minimum atomic E-state index is -0.195. The first-order valence-corrected chi connectivity index (χ1v) is 7.20. The van der Waals surface area contributed by atoms with E-state index in [-0.39, 0.29) is 12.4 Å². The monoisotopic (exact) mass is 297 g/mol. The summed E-state index contributed by atoms with van der Waals surface area (Å²) in [5.74, 6) is 0.106. The lowest BCUT2D eigenvalue weighted by atomic mass is 10.1. The van der Waals surface area contributed by atoms with Crippen LogP contribution in [-0.2, 0) is 6.61 Å². The van der Waals surface area contributed by atoms with E-state index in [2.05, 4.69) is 28.6 Å². The Bertz CT molecular complexity index is 836. The lowest BCUT2D eigenvalue weighted by Gasteiger charge is -2.11. The largest absolute Gasteiger partial charge is 0.508 e. The highest BCUT2D eigenvalue weighted by molar-refractivity contribution is 5.92. The summed E-state index contributed by atoms with van der Waals surface area (Å²) in [5, 5.41) is 29.8. The van der Waals surface area contributed by atoms with E-state index in [9.17, 15) is 10.2 Å². The zero-order valence-electron chi connectivity index (χ0n) is 13.2. The summed E-state index contributed by atoms with van der Waals surface area (Å²) < 4.78 is 2.12. The number of hydrogen-bond acceptors (Lipinski definition) is 4. The Morgan fingerprint density at radius 3 is 2.00 bits per heavy atom. The SMILES string of the molecule is Cc1nnc(C)c2c(C)n(-c3ccc(O)c(CO)c3)c(C)c12. The van der Waals surface area contributed by atoms with Crippen LogP contribution in [0, 0.1) is 27.7 Å². The number of aryl methyl sites for hydroxylation is 4. The van der Waals surface area contributed by atoms with E-state index in [1.807, 2.05) is 19.9 Å². The summed E-state index contributed by atoms with van der Waals surface area (Å²) >= 11 is 0. The van der Waals surface area contributed by atoms with Gasteiger partial charge in [-0.3, -0.25) is 0 Å². The third-order valence-corrected chi connectivity index (χ3v) is 4.21. The van der Waals surface area contributed by atoms with E-state index in [0.29, 0.717) is 5.56 Å². The second-order valence-corrected chi connectivity index (χ2v) is 5.60. The third-order valence-electron chi connectivity index (χ3n) is 4.21. The Morgan fingerprint density at radius 1 is 0.955 bits per heavy atom. The molecule has 0 radical (unpaired) electrons. The first-order chi connectivity index (χ1) is 10.5. The number of aromatic hydroxyl groups is 1. The van der Waals surface area contributed by atoms with Crippen LogP contribution < -0.4 is 0 Å². The second kappa shape index (κ2) is 5.10. The molecule has 2 N–H and O–H groups in total. The van der Waals surface area contributed by atoms with E-state index in [4.69, 9.17) is 0 Å². The van der Waals surface area contributed by atoms with Crippen LogP contribution >= 0.6 is 0 Å². The van der Waals surface area contributed by atoms with Crippen molar-refractivity contribution in [2.75, 3.05) is 0 Å². The number of benzene rings is 1. The maximum atomic E-state index is 9.76. The predicted molar refractivity (Wildman–Crippen MR) is 85.4 cm³/mol. The van der Waals surface area contributed by atoms with Gasteiger partial charge in [-0.2, -0.15) is 10.2 Å². The molecule has 2 aromatic heterocycles. The van der Waals surface area contributed by atoms with Crippen molar-refractivity contribution >= 4 is 10.8 Å². The van der Waals surface area contributed by atoms with E-state index in [1.165, 1.54) is 0 Å². The Balaban J connectivity index is 2.37. The molecule has 0 saturated carbocycles. The molecule has 5 nitrogen and oxygen atoms in total. The van der Waals surface area contributed by atoms with Crippen molar-refractivity contribution in [2.24, 2.45) is 0 Å². The van der Waals surface area contributed by atoms with Crippen molar-refractivity contribution in [1.82, 2.24) is 14.8 Å². The molecule has 0 atom stereocenters. The molecular weight excluding hydrogens is 278 g/mol. The van der Waals surface area contributed by atoms with Crippen LogP contribution in [-0.4, -0.2) is 25.0 Å². The van der Waals surface area contributed by atoms with Gasteiger partial charge >= 0.3 is 0 Å². The Labute approximate surface area is 128 Å². The number of hydrogen-bond donors (Lipinski definition) is 2. The zero-order chi connectivity index (χ0) is 16.0. The van der Waals surface area contributed by atoms with Crippen molar-refractivity contribution < 1.29 is 10.2 Å². The lowest BCUT2D eigenvalue weighted by molar-refractivity contribution is 0.275. The standard InChI is InChI=1S/C17H19N3O2/c1-9-16-11(3)20(12(4)17(16)10(2)19-18-9)14-5-6-15(22)13(7-14)8-21/h5-7,21-22H,8H2,1-4H3. The van der Waals surface area contributed by atoms with Gasteiger partial charge in [0.25, 0.3) is 0 Å². The third kappa shape index (κ3) is 1.97. The van der Waals surface area contributed by atoms with Crippen LogP contribution in [0.2, 0.25) is 0 Å². The van der Waals surface area contributed by atoms with Crippen LogP contribution in [0.15, 0.2) is 18.2 Å².